The van der Waals surface area contributed by atoms with Crippen LogP contribution < -0.4 is 5.32 Å². The van der Waals surface area contributed by atoms with E-state index in [4.69, 9.17) is 0 Å². The van der Waals surface area contributed by atoms with Gasteiger partial charge >= 0.3 is 0 Å². The lowest BCUT2D eigenvalue weighted by Crippen LogP contribution is -2.23. The van der Waals surface area contributed by atoms with E-state index in [9.17, 15) is 4.79 Å². The minimum Gasteiger partial charge on any atom is -0.352 e. The van der Waals surface area contributed by atoms with E-state index >= 15 is 0 Å². The molecule has 0 bridgehead atoms. The van der Waals surface area contributed by atoms with Gasteiger partial charge in [-0.1, -0.05) is 36.4 Å². The number of hydrogen-bond acceptors (Lipinski definition) is 2. The minimum absolute atomic E-state index is 0.0835. The first-order chi connectivity index (χ1) is 9.34. The predicted octanol–water partition coefficient (Wildman–Crippen LogP) is 2.45. The summed E-state index contributed by atoms with van der Waals surface area (Å²) in [6, 6.07) is 15.5. The van der Waals surface area contributed by atoms with Crippen LogP contribution in [0.3, 0.4) is 0 Å². The van der Waals surface area contributed by atoms with Crippen molar-refractivity contribution in [3.8, 4) is 0 Å². The van der Waals surface area contributed by atoms with Crippen molar-refractivity contribution >= 4 is 12.0 Å². The van der Waals surface area contributed by atoms with Crippen molar-refractivity contribution in [3.05, 3.63) is 72.1 Å². The summed E-state index contributed by atoms with van der Waals surface area (Å²) in [6.45, 7) is 0.592. The first kappa shape index (κ1) is 13.0. The van der Waals surface area contributed by atoms with Crippen molar-refractivity contribution in [1.29, 1.82) is 0 Å². The Bertz CT molecular complexity index is 535. The third-order valence-corrected chi connectivity index (χ3v) is 2.63. The second-order valence-electron chi connectivity index (χ2n) is 4.11. The highest BCUT2D eigenvalue weighted by Gasteiger charge is 1.96. The Kier molecular flexibility index (Phi) is 4.87. The first-order valence-corrected chi connectivity index (χ1v) is 6.25. The molecule has 0 spiro atoms. The average molecular weight is 252 g/mol. The fourth-order valence-electron chi connectivity index (χ4n) is 1.65. The highest BCUT2D eigenvalue weighted by atomic mass is 16.1. The van der Waals surface area contributed by atoms with E-state index in [2.05, 4.69) is 10.3 Å². The molecule has 19 heavy (non-hydrogen) atoms. The molecule has 1 aromatic heterocycles. The SMILES string of the molecule is O=C(/C=C/c1ccccc1)NCCc1ccccn1. The molecule has 0 atom stereocenters. The van der Waals surface area contributed by atoms with Crippen LogP contribution >= 0.6 is 0 Å². The Balaban J connectivity index is 1.75. The van der Waals surface area contributed by atoms with Crippen LogP contribution in [0.2, 0.25) is 0 Å². The molecule has 0 aliphatic heterocycles. The normalized spacial score (nSPS) is 10.5. The molecule has 2 rings (SSSR count). The minimum atomic E-state index is -0.0835. The van der Waals surface area contributed by atoms with E-state index in [-0.39, 0.29) is 5.91 Å². The maximum Gasteiger partial charge on any atom is 0.244 e. The Labute approximate surface area is 113 Å². The van der Waals surface area contributed by atoms with Gasteiger partial charge in [0, 0.05) is 30.9 Å². The highest BCUT2D eigenvalue weighted by Crippen LogP contribution is 2.00. The second kappa shape index (κ2) is 7.11. The predicted molar refractivity (Wildman–Crippen MR) is 76.4 cm³/mol. The third kappa shape index (κ3) is 4.76. The molecule has 0 aliphatic carbocycles. The first-order valence-electron chi connectivity index (χ1n) is 6.25. The fraction of sp³-hybridized carbons (Fsp3) is 0.125. The van der Waals surface area contributed by atoms with Gasteiger partial charge in [0.05, 0.1) is 0 Å². The molecular weight excluding hydrogens is 236 g/mol. The van der Waals surface area contributed by atoms with Gasteiger partial charge in [0.15, 0.2) is 0 Å². The molecule has 0 fully saturated rings. The molecule has 0 unspecified atom stereocenters. The van der Waals surface area contributed by atoms with Crippen LogP contribution in [0, 0.1) is 0 Å². The van der Waals surface area contributed by atoms with Crippen LogP contribution in [0.4, 0.5) is 0 Å². The maximum absolute atomic E-state index is 11.6. The molecule has 0 saturated heterocycles. The quantitative estimate of drug-likeness (QED) is 0.830. The summed E-state index contributed by atoms with van der Waals surface area (Å²) in [4.78, 5) is 15.8. The summed E-state index contributed by atoms with van der Waals surface area (Å²) in [5.74, 6) is -0.0835. The Morgan fingerprint density at radius 2 is 1.89 bits per heavy atom. The van der Waals surface area contributed by atoms with Crippen molar-refractivity contribution in [2.24, 2.45) is 0 Å². The topological polar surface area (TPSA) is 42.0 Å². The molecule has 1 amide bonds. The van der Waals surface area contributed by atoms with Gasteiger partial charge in [0.25, 0.3) is 0 Å². The van der Waals surface area contributed by atoms with Crippen molar-refractivity contribution in [1.82, 2.24) is 10.3 Å². The maximum atomic E-state index is 11.6. The van der Waals surface area contributed by atoms with Gasteiger partial charge in [-0.15, -0.1) is 0 Å². The number of rotatable bonds is 5. The van der Waals surface area contributed by atoms with Gasteiger partial charge < -0.3 is 5.32 Å². The standard InChI is InChI=1S/C16H16N2O/c19-16(10-9-14-6-2-1-3-7-14)18-13-11-15-8-4-5-12-17-15/h1-10,12H,11,13H2,(H,18,19)/b10-9+. The summed E-state index contributed by atoms with van der Waals surface area (Å²) in [5.41, 5.74) is 2.00. The molecule has 96 valence electrons. The smallest absolute Gasteiger partial charge is 0.244 e. The number of nitrogens with one attached hydrogen (secondary N) is 1. The fourth-order valence-corrected chi connectivity index (χ4v) is 1.65. The summed E-state index contributed by atoms with van der Waals surface area (Å²) in [5, 5.41) is 2.84. The van der Waals surface area contributed by atoms with Crippen molar-refractivity contribution in [2.45, 2.75) is 6.42 Å². The second-order valence-corrected chi connectivity index (χ2v) is 4.11. The van der Waals surface area contributed by atoms with Gasteiger partial charge in [-0.2, -0.15) is 0 Å². The number of hydrogen-bond donors (Lipinski definition) is 1. The molecule has 0 radical (unpaired) electrons. The molecule has 2 aromatic rings. The van der Waals surface area contributed by atoms with Crippen LogP contribution in [-0.2, 0) is 11.2 Å². The van der Waals surface area contributed by atoms with Gasteiger partial charge in [0.2, 0.25) is 5.91 Å². The largest absolute Gasteiger partial charge is 0.352 e. The van der Waals surface area contributed by atoms with E-state index in [0.717, 1.165) is 17.7 Å². The zero-order valence-corrected chi connectivity index (χ0v) is 10.6. The van der Waals surface area contributed by atoms with Crippen molar-refractivity contribution in [3.63, 3.8) is 0 Å². The van der Waals surface area contributed by atoms with Gasteiger partial charge in [-0.25, -0.2) is 0 Å². The van der Waals surface area contributed by atoms with Crippen LogP contribution in [-0.4, -0.2) is 17.4 Å². The number of pyridine rings is 1. The monoisotopic (exact) mass is 252 g/mol. The van der Waals surface area contributed by atoms with Crippen molar-refractivity contribution in [2.75, 3.05) is 6.54 Å². The van der Waals surface area contributed by atoms with Crippen LogP contribution in [0.5, 0.6) is 0 Å². The molecule has 3 heteroatoms. The Hall–Kier alpha value is -2.42. The van der Waals surface area contributed by atoms with E-state index in [1.165, 1.54) is 0 Å². The van der Waals surface area contributed by atoms with Crippen LogP contribution in [0.1, 0.15) is 11.3 Å². The molecule has 1 aromatic carbocycles. The van der Waals surface area contributed by atoms with E-state index in [0.29, 0.717) is 6.54 Å². The zero-order valence-electron chi connectivity index (χ0n) is 10.6. The number of benzene rings is 1. The van der Waals surface area contributed by atoms with E-state index in [1.807, 2.05) is 48.5 Å². The molecular formula is C16H16N2O. The summed E-state index contributed by atoms with van der Waals surface area (Å²) < 4.78 is 0. The number of carbonyl (C=O) groups is 1. The lowest BCUT2D eigenvalue weighted by atomic mass is 10.2. The van der Waals surface area contributed by atoms with Crippen LogP contribution in [0.25, 0.3) is 6.08 Å². The summed E-state index contributed by atoms with van der Waals surface area (Å²) in [7, 11) is 0. The average Bonchev–Trinajstić information content (AvgIpc) is 2.47. The molecule has 1 heterocycles. The Morgan fingerprint density at radius 3 is 2.63 bits per heavy atom. The molecule has 0 aliphatic rings. The van der Waals surface area contributed by atoms with Gasteiger partial charge in [-0.3, -0.25) is 9.78 Å². The summed E-state index contributed by atoms with van der Waals surface area (Å²) in [6.07, 6.45) is 5.85. The zero-order chi connectivity index (χ0) is 13.3. The lowest BCUT2D eigenvalue weighted by molar-refractivity contribution is -0.116. The summed E-state index contributed by atoms with van der Waals surface area (Å²) >= 11 is 0. The number of amides is 1. The molecule has 3 nitrogen and oxygen atoms in total. The van der Waals surface area contributed by atoms with Gasteiger partial charge in [-0.05, 0) is 23.8 Å². The Morgan fingerprint density at radius 1 is 1.11 bits per heavy atom. The number of aromatic nitrogens is 1. The molecule has 1 N–H and O–H groups in total. The third-order valence-electron chi connectivity index (χ3n) is 2.63. The van der Waals surface area contributed by atoms with Crippen LogP contribution in [0.15, 0.2) is 60.8 Å². The van der Waals surface area contributed by atoms with Crippen molar-refractivity contribution < 1.29 is 4.79 Å². The lowest BCUT2D eigenvalue weighted by Gasteiger charge is -2.01. The van der Waals surface area contributed by atoms with E-state index in [1.54, 1.807) is 18.3 Å². The number of carbonyl (C=O) groups excluding carboxylic acids is 1. The highest BCUT2D eigenvalue weighted by molar-refractivity contribution is 5.91. The van der Waals surface area contributed by atoms with Gasteiger partial charge in [0.1, 0.15) is 0 Å². The number of nitrogens with zero attached hydrogens (tertiary/aromatic N) is 1. The molecule has 0 saturated carbocycles. The van der Waals surface area contributed by atoms with E-state index < -0.39 is 0 Å².